The predicted molar refractivity (Wildman–Crippen MR) is 98.3 cm³/mol. The third-order valence-corrected chi connectivity index (χ3v) is 4.59. The third kappa shape index (κ3) is 5.31. The lowest BCUT2D eigenvalue weighted by molar-refractivity contribution is -0.125. The van der Waals surface area contributed by atoms with Crippen molar-refractivity contribution in [3.8, 4) is 0 Å². The summed E-state index contributed by atoms with van der Waals surface area (Å²) in [6.07, 6.45) is 4.60. The molecule has 0 radical (unpaired) electrons. The van der Waals surface area contributed by atoms with Gasteiger partial charge in [0.15, 0.2) is 0 Å². The summed E-state index contributed by atoms with van der Waals surface area (Å²) < 4.78 is 0. The molecule has 0 unspecified atom stereocenters. The lowest BCUT2D eigenvalue weighted by Crippen LogP contribution is -2.42. The van der Waals surface area contributed by atoms with Crippen molar-refractivity contribution in [3.63, 3.8) is 0 Å². The fourth-order valence-corrected chi connectivity index (χ4v) is 3.08. The van der Waals surface area contributed by atoms with E-state index in [1.54, 1.807) is 6.07 Å². The number of benzene rings is 1. The number of carbonyl (C=O) groups excluding carboxylic acids is 3. The van der Waals surface area contributed by atoms with Crippen LogP contribution < -0.4 is 16.0 Å². The summed E-state index contributed by atoms with van der Waals surface area (Å²) in [7, 11) is 0. The van der Waals surface area contributed by atoms with Gasteiger partial charge < -0.3 is 16.0 Å². The molecule has 1 saturated carbocycles. The molecule has 0 bridgehead atoms. The van der Waals surface area contributed by atoms with Crippen LogP contribution in [-0.2, 0) is 14.4 Å². The molecular formula is C19H27N3O3. The van der Waals surface area contributed by atoms with E-state index < -0.39 is 6.04 Å². The largest absolute Gasteiger partial charge is 0.345 e. The molecule has 0 aromatic heterocycles. The number of aryl methyl sites for hydroxylation is 1. The van der Waals surface area contributed by atoms with E-state index in [9.17, 15) is 14.4 Å². The molecule has 1 fully saturated rings. The highest BCUT2D eigenvalue weighted by Gasteiger charge is 2.23. The molecule has 0 heterocycles. The Morgan fingerprint density at radius 3 is 2.44 bits per heavy atom. The monoisotopic (exact) mass is 345 g/mol. The summed E-state index contributed by atoms with van der Waals surface area (Å²) >= 11 is 0. The van der Waals surface area contributed by atoms with E-state index in [1.807, 2.05) is 26.0 Å². The van der Waals surface area contributed by atoms with Crippen LogP contribution >= 0.6 is 0 Å². The summed E-state index contributed by atoms with van der Waals surface area (Å²) in [4.78, 5) is 35.8. The topological polar surface area (TPSA) is 87.3 Å². The molecule has 1 atom stereocenters. The minimum absolute atomic E-state index is 0.0447. The maximum absolute atomic E-state index is 12.4. The molecule has 1 aliphatic rings. The van der Waals surface area contributed by atoms with Gasteiger partial charge in [-0.3, -0.25) is 14.4 Å². The minimum Gasteiger partial charge on any atom is -0.345 e. The number of hydrogen-bond acceptors (Lipinski definition) is 3. The zero-order valence-corrected chi connectivity index (χ0v) is 15.1. The first kappa shape index (κ1) is 19.0. The summed E-state index contributed by atoms with van der Waals surface area (Å²) in [5.41, 5.74) is 2.20. The van der Waals surface area contributed by atoms with E-state index >= 15 is 0 Å². The van der Waals surface area contributed by atoms with Gasteiger partial charge in [-0.1, -0.05) is 25.8 Å². The zero-order chi connectivity index (χ0) is 18.4. The second-order valence-corrected chi connectivity index (χ2v) is 6.65. The molecule has 6 nitrogen and oxygen atoms in total. The Morgan fingerprint density at radius 2 is 1.84 bits per heavy atom. The summed E-state index contributed by atoms with van der Waals surface area (Å²) in [6.45, 7) is 5.11. The maximum Gasteiger partial charge on any atom is 0.246 e. The van der Waals surface area contributed by atoms with Gasteiger partial charge in [0.2, 0.25) is 17.7 Å². The molecule has 1 aromatic carbocycles. The van der Waals surface area contributed by atoms with Gasteiger partial charge in [0, 0.05) is 24.2 Å². The fourth-order valence-electron chi connectivity index (χ4n) is 3.08. The number of nitrogens with one attached hydrogen (secondary N) is 3. The summed E-state index contributed by atoms with van der Waals surface area (Å²) in [5, 5.41) is 8.42. The highest BCUT2D eigenvalue weighted by molar-refractivity contribution is 5.99. The van der Waals surface area contributed by atoms with Crippen molar-refractivity contribution in [2.24, 2.45) is 5.92 Å². The van der Waals surface area contributed by atoms with E-state index in [2.05, 4.69) is 16.0 Å². The highest BCUT2D eigenvalue weighted by atomic mass is 16.2. The van der Waals surface area contributed by atoms with Crippen LogP contribution in [0.4, 0.5) is 11.4 Å². The Hall–Kier alpha value is -2.37. The van der Waals surface area contributed by atoms with Crippen molar-refractivity contribution >= 4 is 29.1 Å². The quantitative estimate of drug-likeness (QED) is 0.741. The standard InChI is InChI=1S/C19H27N3O3/c1-4-16(20-13(3)23)19(25)22-17-11-15(10-9-12(17)2)21-18(24)14-7-5-6-8-14/h9-11,14,16H,4-8H2,1-3H3,(H,20,23)(H,21,24)(H,22,25)/t16-/m1/s1. The molecule has 136 valence electrons. The molecule has 1 aromatic rings. The van der Waals surface area contributed by atoms with Gasteiger partial charge in [-0.25, -0.2) is 0 Å². The normalized spacial score (nSPS) is 15.5. The van der Waals surface area contributed by atoms with Crippen molar-refractivity contribution in [3.05, 3.63) is 23.8 Å². The van der Waals surface area contributed by atoms with E-state index in [1.165, 1.54) is 6.92 Å². The Labute approximate surface area is 148 Å². The SMILES string of the molecule is CC[C@@H](NC(C)=O)C(=O)Nc1cc(NC(=O)C2CCCC2)ccc1C. The van der Waals surface area contributed by atoms with Gasteiger partial charge in [0.05, 0.1) is 0 Å². The first-order chi connectivity index (χ1) is 11.9. The Balaban J connectivity index is 2.06. The number of rotatable bonds is 6. The molecule has 25 heavy (non-hydrogen) atoms. The van der Waals surface area contributed by atoms with E-state index in [0.717, 1.165) is 31.2 Å². The van der Waals surface area contributed by atoms with Crippen molar-refractivity contribution < 1.29 is 14.4 Å². The molecule has 0 aliphatic heterocycles. The van der Waals surface area contributed by atoms with Crippen LogP contribution in [0.25, 0.3) is 0 Å². The van der Waals surface area contributed by atoms with Crippen molar-refractivity contribution in [2.75, 3.05) is 10.6 Å². The fraction of sp³-hybridized carbons (Fsp3) is 0.526. The zero-order valence-electron chi connectivity index (χ0n) is 15.1. The predicted octanol–water partition coefficient (Wildman–Crippen LogP) is 2.98. The van der Waals surface area contributed by atoms with Crippen molar-refractivity contribution in [2.45, 2.75) is 58.9 Å². The van der Waals surface area contributed by atoms with Crippen LogP contribution in [0.2, 0.25) is 0 Å². The van der Waals surface area contributed by atoms with Crippen LogP contribution in [0, 0.1) is 12.8 Å². The van der Waals surface area contributed by atoms with E-state index in [4.69, 9.17) is 0 Å². The number of carbonyl (C=O) groups is 3. The summed E-state index contributed by atoms with van der Waals surface area (Å²) in [6, 6.07) is 4.89. The molecular weight excluding hydrogens is 318 g/mol. The first-order valence-electron chi connectivity index (χ1n) is 8.90. The smallest absolute Gasteiger partial charge is 0.246 e. The lowest BCUT2D eigenvalue weighted by Gasteiger charge is -2.18. The first-order valence-corrected chi connectivity index (χ1v) is 8.90. The Bertz CT molecular complexity index is 651. The second-order valence-electron chi connectivity index (χ2n) is 6.65. The van der Waals surface area contributed by atoms with Crippen LogP contribution in [0.5, 0.6) is 0 Å². The summed E-state index contributed by atoms with van der Waals surface area (Å²) in [5.74, 6) is -0.372. The van der Waals surface area contributed by atoms with Gasteiger partial charge in [-0.2, -0.15) is 0 Å². The van der Waals surface area contributed by atoms with Gasteiger partial charge in [0.1, 0.15) is 6.04 Å². The maximum atomic E-state index is 12.4. The van der Waals surface area contributed by atoms with Crippen LogP contribution in [0.3, 0.4) is 0 Å². The van der Waals surface area contributed by atoms with Crippen molar-refractivity contribution in [1.82, 2.24) is 5.32 Å². The van der Waals surface area contributed by atoms with E-state index in [0.29, 0.717) is 17.8 Å². The Morgan fingerprint density at radius 1 is 1.16 bits per heavy atom. The number of amides is 3. The van der Waals surface area contributed by atoms with Crippen molar-refractivity contribution in [1.29, 1.82) is 0 Å². The highest BCUT2D eigenvalue weighted by Crippen LogP contribution is 2.27. The molecule has 6 heteroatoms. The van der Waals surface area contributed by atoms with Gasteiger partial charge in [0.25, 0.3) is 0 Å². The third-order valence-electron chi connectivity index (χ3n) is 4.59. The average Bonchev–Trinajstić information content (AvgIpc) is 3.10. The molecule has 0 spiro atoms. The van der Waals surface area contributed by atoms with Crippen LogP contribution in [-0.4, -0.2) is 23.8 Å². The molecule has 2 rings (SSSR count). The van der Waals surface area contributed by atoms with Crippen LogP contribution in [0.15, 0.2) is 18.2 Å². The lowest BCUT2D eigenvalue weighted by atomic mass is 10.1. The van der Waals surface area contributed by atoms with Gasteiger partial charge >= 0.3 is 0 Å². The molecule has 3 amide bonds. The van der Waals surface area contributed by atoms with E-state index in [-0.39, 0.29) is 23.6 Å². The molecule has 1 aliphatic carbocycles. The molecule has 3 N–H and O–H groups in total. The minimum atomic E-state index is -0.575. The number of hydrogen-bond donors (Lipinski definition) is 3. The van der Waals surface area contributed by atoms with Gasteiger partial charge in [-0.15, -0.1) is 0 Å². The van der Waals surface area contributed by atoms with Gasteiger partial charge in [-0.05, 0) is 43.9 Å². The average molecular weight is 345 g/mol. The number of anilines is 2. The molecule has 0 saturated heterocycles. The second kappa shape index (κ2) is 8.65. The Kier molecular flexibility index (Phi) is 6.56. The van der Waals surface area contributed by atoms with Crippen LogP contribution in [0.1, 0.15) is 51.5 Å².